The van der Waals surface area contributed by atoms with E-state index >= 15 is 0 Å². The second-order valence-electron chi connectivity index (χ2n) is 7.64. The summed E-state index contributed by atoms with van der Waals surface area (Å²) >= 11 is 0. The summed E-state index contributed by atoms with van der Waals surface area (Å²) in [4.78, 5) is 7.91. The summed E-state index contributed by atoms with van der Waals surface area (Å²) in [5.41, 5.74) is 4.32. The summed E-state index contributed by atoms with van der Waals surface area (Å²) in [5.74, 6) is 2.46. The lowest BCUT2D eigenvalue weighted by Gasteiger charge is -2.27. The molecule has 0 aliphatic carbocycles. The highest BCUT2D eigenvalue weighted by Crippen LogP contribution is 2.38. The van der Waals surface area contributed by atoms with Gasteiger partial charge in [0, 0.05) is 34.7 Å². The molecule has 1 aliphatic heterocycles. The van der Waals surface area contributed by atoms with Crippen LogP contribution in [0.25, 0.3) is 21.8 Å². The van der Waals surface area contributed by atoms with Gasteiger partial charge in [0.25, 0.3) is 0 Å². The molecule has 2 aromatic carbocycles. The first-order valence-corrected chi connectivity index (χ1v) is 10.3. The number of hydrogen-bond donors (Lipinski definition) is 2. The van der Waals surface area contributed by atoms with Gasteiger partial charge in [0.15, 0.2) is 11.5 Å². The van der Waals surface area contributed by atoms with Crippen molar-refractivity contribution >= 4 is 21.8 Å². The van der Waals surface area contributed by atoms with Crippen LogP contribution in [0.3, 0.4) is 0 Å². The van der Waals surface area contributed by atoms with Gasteiger partial charge in [0.2, 0.25) is 0 Å². The number of pyridine rings is 1. The van der Waals surface area contributed by atoms with Crippen molar-refractivity contribution < 1.29 is 14.2 Å². The number of aromatic amines is 1. The van der Waals surface area contributed by atoms with E-state index in [2.05, 4.69) is 39.7 Å². The molecule has 0 amide bonds. The van der Waals surface area contributed by atoms with Gasteiger partial charge >= 0.3 is 0 Å². The number of methoxy groups -OCH3 is 1. The highest BCUT2D eigenvalue weighted by Gasteiger charge is 2.23. The molecule has 0 radical (unpaired) electrons. The van der Waals surface area contributed by atoms with Gasteiger partial charge < -0.3 is 24.5 Å². The van der Waals surface area contributed by atoms with Gasteiger partial charge in [-0.15, -0.1) is 0 Å². The Morgan fingerprint density at radius 2 is 2.10 bits per heavy atom. The van der Waals surface area contributed by atoms with Crippen molar-refractivity contribution in [2.45, 2.75) is 19.4 Å². The molecule has 0 spiro atoms. The standard InChI is InChI=1S/C24H25N3O3/c1-15-3-5-19-22(27-15)7-8-23-24(19)30-18(14-29-23)13-25-10-9-16-12-26-21-6-4-17(28-2)11-20(16)21/h3-8,11-12,18,25-26H,9-10,13-14H2,1-2H3. The maximum atomic E-state index is 6.27. The molecule has 6 heteroatoms. The van der Waals surface area contributed by atoms with Crippen molar-refractivity contribution in [3.8, 4) is 17.2 Å². The van der Waals surface area contributed by atoms with E-state index in [4.69, 9.17) is 14.2 Å². The summed E-state index contributed by atoms with van der Waals surface area (Å²) in [7, 11) is 1.69. The molecule has 5 rings (SSSR count). The Morgan fingerprint density at radius 1 is 1.17 bits per heavy atom. The zero-order chi connectivity index (χ0) is 20.5. The number of ether oxygens (including phenoxy) is 3. The minimum absolute atomic E-state index is 0.0348. The lowest BCUT2D eigenvalue weighted by Crippen LogP contribution is -2.39. The van der Waals surface area contributed by atoms with Crippen LogP contribution >= 0.6 is 0 Å². The predicted octanol–water partition coefficient (Wildman–Crippen LogP) is 4.01. The number of aryl methyl sites for hydroxylation is 1. The van der Waals surface area contributed by atoms with E-state index in [1.165, 1.54) is 10.9 Å². The molecule has 1 atom stereocenters. The summed E-state index contributed by atoms with van der Waals surface area (Å²) in [5, 5.41) is 5.71. The number of nitrogens with zero attached hydrogens (tertiary/aromatic N) is 1. The fraction of sp³-hybridized carbons (Fsp3) is 0.292. The highest BCUT2D eigenvalue weighted by molar-refractivity contribution is 5.88. The van der Waals surface area contributed by atoms with E-state index in [0.29, 0.717) is 6.61 Å². The third-order valence-electron chi connectivity index (χ3n) is 5.55. The number of H-pyrrole nitrogens is 1. The summed E-state index contributed by atoms with van der Waals surface area (Å²) in [6.07, 6.45) is 2.96. The van der Waals surface area contributed by atoms with Crippen LogP contribution in [0.5, 0.6) is 17.2 Å². The molecule has 0 saturated heterocycles. The van der Waals surface area contributed by atoms with Crippen molar-refractivity contribution in [2.75, 3.05) is 26.8 Å². The van der Waals surface area contributed by atoms with Crippen molar-refractivity contribution in [2.24, 2.45) is 0 Å². The van der Waals surface area contributed by atoms with Gasteiger partial charge in [-0.05, 0) is 67.9 Å². The second kappa shape index (κ2) is 7.88. The van der Waals surface area contributed by atoms with Crippen LogP contribution in [-0.2, 0) is 6.42 Å². The van der Waals surface area contributed by atoms with Crippen LogP contribution in [0, 0.1) is 6.92 Å². The second-order valence-corrected chi connectivity index (χ2v) is 7.64. The van der Waals surface area contributed by atoms with Crippen LogP contribution in [-0.4, -0.2) is 42.9 Å². The fourth-order valence-electron chi connectivity index (χ4n) is 3.96. The summed E-state index contributed by atoms with van der Waals surface area (Å²) < 4.78 is 17.6. The molecular formula is C24H25N3O3. The first kappa shape index (κ1) is 18.8. The molecule has 154 valence electrons. The van der Waals surface area contributed by atoms with E-state index in [0.717, 1.165) is 58.9 Å². The average molecular weight is 403 g/mol. The van der Waals surface area contributed by atoms with Crippen LogP contribution in [0.1, 0.15) is 11.3 Å². The van der Waals surface area contributed by atoms with Crippen molar-refractivity contribution in [3.63, 3.8) is 0 Å². The first-order chi connectivity index (χ1) is 14.7. The fourth-order valence-corrected chi connectivity index (χ4v) is 3.96. The molecule has 0 fully saturated rings. The van der Waals surface area contributed by atoms with E-state index < -0.39 is 0 Å². The number of fused-ring (bicyclic) bond motifs is 4. The average Bonchev–Trinajstić information content (AvgIpc) is 3.18. The van der Waals surface area contributed by atoms with Gasteiger partial charge in [0.05, 0.1) is 12.6 Å². The minimum Gasteiger partial charge on any atom is -0.497 e. The Bertz CT molecular complexity index is 1200. The van der Waals surface area contributed by atoms with Crippen LogP contribution in [0.15, 0.2) is 48.7 Å². The van der Waals surface area contributed by atoms with E-state index in [-0.39, 0.29) is 6.10 Å². The molecule has 1 unspecified atom stereocenters. The van der Waals surface area contributed by atoms with Gasteiger partial charge in [0.1, 0.15) is 18.5 Å². The Kier molecular flexibility index (Phi) is 4.93. The first-order valence-electron chi connectivity index (χ1n) is 10.3. The normalized spacial score (nSPS) is 15.6. The predicted molar refractivity (Wildman–Crippen MR) is 118 cm³/mol. The Hall–Kier alpha value is -3.25. The zero-order valence-corrected chi connectivity index (χ0v) is 17.2. The molecule has 6 nitrogen and oxygen atoms in total. The molecule has 0 saturated carbocycles. The maximum absolute atomic E-state index is 6.27. The topological polar surface area (TPSA) is 68.4 Å². The molecule has 2 N–H and O–H groups in total. The van der Waals surface area contributed by atoms with E-state index in [9.17, 15) is 0 Å². The maximum Gasteiger partial charge on any atom is 0.171 e. The third kappa shape index (κ3) is 3.55. The van der Waals surface area contributed by atoms with Gasteiger partial charge in [-0.2, -0.15) is 0 Å². The number of nitrogens with one attached hydrogen (secondary N) is 2. The van der Waals surface area contributed by atoms with Crippen molar-refractivity contribution in [3.05, 3.63) is 59.9 Å². The molecule has 1 aliphatic rings. The van der Waals surface area contributed by atoms with Gasteiger partial charge in [-0.3, -0.25) is 4.98 Å². The van der Waals surface area contributed by atoms with Crippen molar-refractivity contribution in [1.29, 1.82) is 0 Å². The van der Waals surface area contributed by atoms with E-state index in [1.807, 2.05) is 31.2 Å². The number of rotatable bonds is 6. The lowest BCUT2D eigenvalue weighted by molar-refractivity contribution is 0.0926. The smallest absolute Gasteiger partial charge is 0.171 e. The number of benzene rings is 2. The van der Waals surface area contributed by atoms with Gasteiger partial charge in [-0.25, -0.2) is 0 Å². The number of hydrogen-bond acceptors (Lipinski definition) is 5. The molecule has 2 aromatic heterocycles. The minimum atomic E-state index is -0.0348. The highest BCUT2D eigenvalue weighted by atomic mass is 16.6. The van der Waals surface area contributed by atoms with Crippen molar-refractivity contribution in [1.82, 2.24) is 15.3 Å². The molecule has 3 heterocycles. The molecule has 0 bridgehead atoms. The van der Waals surface area contributed by atoms with Gasteiger partial charge in [-0.1, -0.05) is 0 Å². The number of aromatic nitrogens is 2. The van der Waals surface area contributed by atoms with E-state index in [1.54, 1.807) is 7.11 Å². The summed E-state index contributed by atoms with van der Waals surface area (Å²) in [6, 6.07) is 14.1. The zero-order valence-electron chi connectivity index (χ0n) is 17.2. The lowest BCUT2D eigenvalue weighted by atomic mass is 10.1. The summed E-state index contributed by atoms with van der Waals surface area (Å²) in [6.45, 7) is 4.11. The quantitative estimate of drug-likeness (QED) is 0.476. The van der Waals surface area contributed by atoms with Crippen LogP contribution < -0.4 is 19.5 Å². The van der Waals surface area contributed by atoms with Crippen LogP contribution in [0.4, 0.5) is 0 Å². The third-order valence-corrected chi connectivity index (χ3v) is 5.55. The Balaban J connectivity index is 1.21. The monoisotopic (exact) mass is 403 g/mol. The largest absolute Gasteiger partial charge is 0.497 e. The van der Waals surface area contributed by atoms with Crippen LogP contribution in [0.2, 0.25) is 0 Å². The Morgan fingerprint density at radius 3 is 3.00 bits per heavy atom. The molecule has 30 heavy (non-hydrogen) atoms. The Labute approximate surface area is 175 Å². The molecular weight excluding hydrogens is 378 g/mol. The molecule has 4 aromatic rings. The SMILES string of the molecule is COc1ccc2[nH]cc(CCNCC3COc4ccc5nc(C)ccc5c4O3)c2c1.